The lowest BCUT2D eigenvalue weighted by molar-refractivity contribution is -0.122. The molecular formula is C24H28BrClFN5O4. The molecule has 0 aliphatic carbocycles. The predicted octanol–water partition coefficient (Wildman–Crippen LogP) is 3.88. The van der Waals surface area contributed by atoms with E-state index in [9.17, 15) is 9.59 Å². The van der Waals surface area contributed by atoms with Crippen LogP contribution in [0, 0.1) is 5.82 Å². The number of aromatic nitrogens is 1. The fraction of sp³-hybridized carbons (Fsp3) is 0.542. The van der Waals surface area contributed by atoms with Crippen LogP contribution in [0.3, 0.4) is 0 Å². The Morgan fingerprint density at radius 2 is 2.06 bits per heavy atom. The number of carbonyl (C=O) groups is 2. The van der Waals surface area contributed by atoms with Gasteiger partial charge in [0, 0.05) is 25.0 Å². The number of fused-ring (bicyclic) bond motifs is 4. The fourth-order valence-corrected chi connectivity index (χ4v) is 5.55. The lowest BCUT2D eigenvalue weighted by Gasteiger charge is -2.51. The van der Waals surface area contributed by atoms with Crippen LogP contribution in [0.25, 0.3) is 10.9 Å². The standard InChI is InChI=1S/C24H28BrClFN5O4/c1-24(2,3)36-23(34)30-6-7-31-15(10-30)22(33)32-12(9-29(4)5)11-35-21-20(32)19(31)13-8-14(26)16(25)17(27)18(13)28-21/h8,12,15H,6-7,9-11H2,1-5H3. The van der Waals surface area contributed by atoms with E-state index >= 15 is 4.39 Å². The van der Waals surface area contributed by atoms with Crippen LogP contribution in [0.2, 0.25) is 5.02 Å². The minimum Gasteiger partial charge on any atom is -0.474 e. The number of hydrogen-bond donors (Lipinski definition) is 0. The molecule has 12 heteroatoms. The molecular weight excluding hydrogens is 557 g/mol. The maximum Gasteiger partial charge on any atom is 0.410 e. The Balaban J connectivity index is 1.67. The minimum atomic E-state index is -0.675. The van der Waals surface area contributed by atoms with Crippen LogP contribution in [-0.4, -0.2) is 91.4 Å². The summed E-state index contributed by atoms with van der Waals surface area (Å²) in [6.07, 6.45) is -0.467. The summed E-state index contributed by atoms with van der Waals surface area (Å²) in [6.45, 7) is 7.02. The van der Waals surface area contributed by atoms with E-state index < -0.39 is 23.6 Å². The van der Waals surface area contributed by atoms with Crippen molar-refractivity contribution >= 4 is 61.8 Å². The van der Waals surface area contributed by atoms with Crippen molar-refractivity contribution in [1.82, 2.24) is 14.8 Å². The number of hydrogen-bond acceptors (Lipinski definition) is 7. The maximum absolute atomic E-state index is 15.3. The van der Waals surface area contributed by atoms with Gasteiger partial charge in [0.05, 0.1) is 27.8 Å². The molecule has 3 aliphatic rings. The average Bonchev–Trinajstić information content (AvgIpc) is 2.79. The van der Waals surface area contributed by atoms with Crippen molar-refractivity contribution in [1.29, 1.82) is 0 Å². The third-order valence-electron chi connectivity index (χ3n) is 6.47. The van der Waals surface area contributed by atoms with Crippen molar-refractivity contribution in [3.8, 4) is 5.88 Å². The molecule has 9 nitrogen and oxygen atoms in total. The molecule has 1 saturated heterocycles. The first kappa shape index (κ1) is 25.3. The number of anilines is 2. The molecule has 2 aromatic rings. The van der Waals surface area contributed by atoms with Crippen LogP contribution < -0.4 is 14.5 Å². The van der Waals surface area contributed by atoms with E-state index in [0.29, 0.717) is 36.4 Å². The van der Waals surface area contributed by atoms with E-state index in [1.165, 1.54) is 0 Å². The van der Waals surface area contributed by atoms with Gasteiger partial charge in [0.15, 0.2) is 5.82 Å². The van der Waals surface area contributed by atoms with E-state index in [2.05, 4.69) is 20.9 Å². The quantitative estimate of drug-likeness (QED) is 0.496. The highest BCUT2D eigenvalue weighted by atomic mass is 79.9. The third kappa shape index (κ3) is 4.14. The van der Waals surface area contributed by atoms with Crippen molar-refractivity contribution in [2.24, 2.45) is 0 Å². The molecule has 1 aromatic heterocycles. The van der Waals surface area contributed by atoms with Gasteiger partial charge < -0.3 is 24.2 Å². The Morgan fingerprint density at radius 3 is 2.72 bits per heavy atom. The maximum atomic E-state index is 15.3. The van der Waals surface area contributed by atoms with Crippen LogP contribution in [0.5, 0.6) is 5.88 Å². The summed E-state index contributed by atoms with van der Waals surface area (Å²) in [7, 11) is 3.85. The van der Waals surface area contributed by atoms with Gasteiger partial charge in [0.2, 0.25) is 5.88 Å². The predicted molar refractivity (Wildman–Crippen MR) is 139 cm³/mol. The number of pyridine rings is 1. The van der Waals surface area contributed by atoms with E-state index in [1.54, 1.807) is 36.6 Å². The number of amides is 2. The molecule has 0 spiro atoms. The minimum absolute atomic E-state index is 0.105. The largest absolute Gasteiger partial charge is 0.474 e. The number of carbonyl (C=O) groups excluding carboxylic acids is 2. The van der Waals surface area contributed by atoms with Gasteiger partial charge in [0.25, 0.3) is 5.91 Å². The molecule has 0 radical (unpaired) electrons. The number of rotatable bonds is 2. The Morgan fingerprint density at radius 1 is 1.33 bits per heavy atom. The zero-order valence-corrected chi connectivity index (χ0v) is 23.1. The molecule has 1 fully saturated rings. The second kappa shape index (κ2) is 8.88. The summed E-state index contributed by atoms with van der Waals surface area (Å²) in [5.74, 6) is -0.540. The Labute approximate surface area is 222 Å². The van der Waals surface area contributed by atoms with Crippen molar-refractivity contribution in [2.45, 2.75) is 38.5 Å². The SMILES string of the molecule is CN(C)CC1COc2nc3c(F)c(Br)c(Cl)cc3c3c2N1C(=O)C1CN(C(=O)OC(C)(C)C)CCN31. The van der Waals surface area contributed by atoms with E-state index in [1.807, 2.05) is 23.9 Å². The molecule has 194 valence electrons. The zero-order chi connectivity index (χ0) is 26.1. The Hall–Kier alpha value is -2.37. The summed E-state index contributed by atoms with van der Waals surface area (Å²) in [6, 6.07) is 0.700. The molecule has 4 heterocycles. The molecule has 5 rings (SSSR count). The molecule has 3 aliphatic heterocycles. The van der Waals surface area contributed by atoms with Crippen molar-refractivity contribution in [3.05, 3.63) is 21.4 Å². The monoisotopic (exact) mass is 583 g/mol. The molecule has 0 N–H and O–H groups in total. The number of nitrogens with zero attached hydrogens (tertiary/aromatic N) is 5. The highest BCUT2D eigenvalue weighted by Gasteiger charge is 2.49. The van der Waals surface area contributed by atoms with Gasteiger partial charge in [-0.25, -0.2) is 14.2 Å². The summed E-state index contributed by atoms with van der Waals surface area (Å²) < 4.78 is 27.0. The van der Waals surface area contributed by atoms with E-state index in [0.717, 1.165) is 0 Å². The third-order valence-corrected chi connectivity index (χ3v) is 7.77. The first-order chi connectivity index (χ1) is 16.9. The van der Waals surface area contributed by atoms with Crippen LogP contribution in [0.15, 0.2) is 10.5 Å². The van der Waals surface area contributed by atoms with E-state index in [-0.39, 0.29) is 46.0 Å². The second-order valence-corrected chi connectivity index (χ2v) is 11.8. The van der Waals surface area contributed by atoms with Gasteiger partial charge in [-0.2, -0.15) is 0 Å². The number of benzene rings is 1. The number of halogens is 3. The normalized spacial score (nSPS) is 21.5. The zero-order valence-electron chi connectivity index (χ0n) is 20.8. The summed E-state index contributed by atoms with van der Waals surface area (Å²) in [5, 5.41) is 0.689. The molecule has 0 bridgehead atoms. The highest BCUT2D eigenvalue weighted by Crippen LogP contribution is 2.51. The lowest BCUT2D eigenvalue weighted by Crippen LogP contribution is -2.67. The Bertz CT molecular complexity index is 1270. The van der Waals surface area contributed by atoms with Crippen LogP contribution in [0.4, 0.5) is 20.6 Å². The molecule has 2 unspecified atom stereocenters. The van der Waals surface area contributed by atoms with Gasteiger partial charge in [0.1, 0.15) is 29.5 Å². The van der Waals surface area contributed by atoms with Gasteiger partial charge in [-0.05, 0) is 56.9 Å². The number of likely N-dealkylation sites (N-methyl/N-ethyl adjacent to an activating group) is 1. The molecule has 2 amide bonds. The fourth-order valence-electron chi connectivity index (χ4n) is 5.06. The average molecular weight is 585 g/mol. The molecule has 36 heavy (non-hydrogen) atoms. The second-order valence-electron chi connectivity index (χ2n) is 10.6. The molecule has 0 saturated carbocycles. The topological polar surface area (TPSA) is 78.5 Å². The first-order valence-electron chi connectivity index (χ1n) is 11.7. The molecule has 1 aromatic carbocycles. The van der Waals surface area contributed by atoms with Crippen molar-refractivity contribution in [3.63, 3.8) is 0 Å². The summed E-state index contributed by atoms with van der Waals surface area (Å²) >= 11 is 9.57. The molecule has 2 atom stereocenters. The number of piperazine rings is 1. The summed E-state index contributed by atoms with van der Waals surface area (Å²) in [4.78, 5) is 38.5. The number of ether oxygens (including phenoxy) is 2. The van der Waals surface area contributed by atoms with Gasteiger partial charge in [-0.3, -0.25) is 9.69 Å². The lowest BCUT2D eigenvalue weighted by atomic mass is 9.97. The van der Waals surface area contributed by atoms with Gasteiger partial charge in [-0.1, -0.05) is 11.6 Å². The Kier molecular flexibility index (Phi) is 6.24. The van der Waals surface area contributed by atoms with Gasteiger partial charge in [-0.15, -0.1) is 0 Å². The van der Waals surface area contributed by atoms with Crippen LogP contribution >= 0.6 is 27.5 Å². The van der Waals surface area contributed by atoms with Crippen LogP contribution in [-0.2, 0) is 9.53 Å². The van der Waals surface area contributed by atoms with E-state index in [4.69, 9.17) is 21.1 Å². The first-order valence-corrected chi connectivity index (χ1v) is 12.9. The smallest absolute Gasteiger partial charge is 0.410 e. The van der Waals surface area contributed by atoms with Crippen molar-refractivity contribution in [2.75, 3.05) is 56.7 Å². The highest BCUT2D eigenvalue weighted by molar-refractivity contribution is 9.10. The van der Waals surface area contributed by atoms with Gasteiger partial charge >= 0.3 is 6.09 Å². The van der Waals surface area contributed by atoms with Crippen LogP contribution in [0.1, 0.15) is 20.8 Å². The van der Waals surface area contributed by atoms with Crippen molar-refractivity contribution < 1.29 is 23.5 Å². The summed E-state index contributed by atoms with van der Waals surface area (Å²) in [5.41, 5.74) is 0.607.